The van der Waals surface area contributed by atoms with Gasteiger partial charge in [-0.05, 0) is 6.92 Å². The van der Waals surface area contributed by atoms with E-state index in [1.807, 2.05) is 0 Å². The molecule has 39 nitrogen and oxygen atoms in total. The summed E-state index contributed by atoms with van der Waals surface area (Å²) in [6.45, 7) is -3.84. The standard InChI is InChI=1S/C49H86N2O37S2/c1-12(57)22(58)40(20(76-2)10-89-8-13(50)42(72)73)87-47-33(69)27(63)37(17(5-54)80-47)84-46-32(68)26(62)39(19(7-56)79-46)86-49-35(71)29(65)41(21(82-49)11-90-9-14(51)43(74)75)88-48-34(70)28(64)38(18(6-55)81-48)85-45-31(67)25(61)36(16(4-53)78-45)83-44-30(66)24(60)23(59)15(3-52)77-44/h12-41,44-49,52-71H,3-11,50-51H2,1-2H3,(H,72,73)(H,74,75)/t12?,13-,14-,15?,16?,17?,18?,19?,20?,21?,22?,23-,24?,25?,26?,27?,28?,29?,30+,31?,32?,33+,34?,35?,36-,37-,38-,39-,40-,41-,44?,45-,46+,47?,48-,49+/m1/s1. The van der Waals surface area contributed by atoms with Crippen molar-refractivity contribution >= 4 is 35.5 Å². The van der Waals surface area contributed by atoms with Crippen LogP contribution in [0.25, 0.3) is 0 Å². The number of hydrogen-bond donors (Lipinski definition) is 24. The first-order valence-electron chi connectivity index (χ1n) is 28.3. The van der Waals surface area contributed by atoms with Crippen molar-refractivity contribution in [2.24, 2.45) is 11.5 Å². The number of rotatable bonds is 31. The maximum atomic E-state index is 11.7. The monoisotopic (exact) mass is 1360 g/mol. The van der Waals surface area contributed by atoms with Gasteiger partial charge in [-0.15, -0.1) is 0 Å². The van der Waals surface area contributed by atoms with E-state index in [0.29, 0.717) is 0 Å². The molecule has 6 saturated heterocycles. The Balaban J connectivity index is 1.12. The molecule has 26 N–H and O–H groups in total. The van der Waals surface area contributed by atoms with Gasteiger partial charge in [0.25, 0.3) is 0 Å². The van der Waals surface area contributed by atoms with Crippen molar-refractivity contribution < 1.29 is 184 Å². The normalized spacial score (nSPS) is 44.9. The summed E-state index contributed by atoms with van der Waals surface area (Å²) in [6.07, 6.45) is -65.0. The van der Waals surface area contributed by atoms with Gasteiger partial charge in [0.1, 0.15) is 165 Å². The maximum absolute atomic E-state index is 11.7. The van der Waals surface area contributed by atoms with Crippen LogP contribution in [-0.4, -0.2) is 408 Å². The van der Waals surface area contributed by atoms with Gasteiger partial charge in [-0.25, -0.2) is 0 Å². The zero-order valence-corrected chi connectivity index (χ0v) is 49.7. The van der Waals surface area contributed by atoms with Gasteiger partial charge in [-0.3, -0.25) is 9.59 Å². The van der Waals surface area contributed by atoms with E-state index in [-0.39, 0.29) is 17.3 Å². The van der Waals surface area contributed by atoms with E-state index >= 15 is 0 Å². The van der Waals surface area contributed by atoms with Gasteiger partial charge in [0, 0.05) is 30.1 Å². The molecule has 0 aromatic carbocycles. The molecule has 41 heteroatoms. The van der Waals surface area contributed by atoms with E-state index < -0.39 is 271 Å². The summed E-state index contributed by atoms with van der Waals surface area (Å²) >= 11 is 1.77. The molecule has 6 fully saturated rings. The topological polar surface area (TPSA) is 651 Å². The number of carbonyl (C=O) groups is 2. The summed E-state index contributed by atoms with van der Waals surface area (Å²) in [6, 6.07) is -2.76. The molecule has 0 saturated carbocycles. The number of aliphatic hydroxyl groups is 20. The number of ether oxygens (including phenoxy) is 13. The molecule has 6 aliphatic heterocycles. The molecule has 0 aromatic heterocycles. The lowest BCUT2D eigenvalue weighted by atomic mass is 9.95. The Kier molecular flexibility index (Phi) is 30.0. The van der Waals surface area contributed by atoms with Crippen LogP contribution in [0.3, 0.4) is 0 Å². The molecule has 526 valence electrons. The van der Waals surface area contributed by atoms with E-state index in [9.17, 15) is 117 Å². The van der Waals surface area contributed by atoms with Crippen molar-refractivity contribution in [3.8, 4) is 0 Å². The van der Waals surface area contributed by atoms with Crippen molar-refractivity contribution in [2.45, 2.75) is 228 Å². The highest BCUT2D eigenvalue weighted by atomic mass is 32.2. The quantitative estimate of drug-likeness (QED) is 0.0306. The van der Waals surface area contributed by atoms with Crippen LogP contribution in [0.5, 0.6) is 0 Å². The van der Waals surface area contributed by atoms with Crippen LogP contribution >= 0.6 is 23.5 Å². The summed E-state index contributed by atoms with van der Waals surface area (Å²) in [5.74, 6) is -3.67. The fraction of sp³-hybridized carbons (Fsp3) is 0.959. The fourth-order valence-corrected chi connectivity index (χ4v) is 12.6. The van der Waals surface area contributed by atoms with Crippen LogP contribution < -0.4 is 11.5 Å². The second-order valence-electron chi connectivity index (χ2n) is 22.1. The Labute approximate surface area is 519 Å². The largest absolute Gasteiger partial charge is 0.480 e. The van der Waals surface area contributed by atoms with Crippen molar-refractivity contribution in [2.75, 3.05) is 63.2 Å². The predicted octanol–water partition coefficient (Wildman–Crippen LogP) is -14.7. The number of aliphatic hydroxyl groups excluding tert-OH is 20. The first-order chi connectivity index (χ1) is 42.5. The van der Waals surface area contributed by atoms with Gasteiger partial charge >= 0.3 is 11.9 Å². The van der Waals surface area contributed by atoms with Crippen LogP contribution in [0.2, 0.25) is 0 Å². The summed E-state index contributed by atoms with van der Waals surface area (Å²) in [5, 5.41) is 236. The lowest BCUT2D eigenvalue weighted by molar-refractivity contribution is -0.395. The Morgan fingerprint density at radius 3 is 1.02 bits per heavy atom. The predicted molar refractivity (Wildman–Crippen MR) is 289 cm³/mol. The number of aliphatic carboxylic acids is 2. The van der Waals surface area contributed by atoms with Gasteiger partial charge < -0.3 is 185 Å². The fourth-order valence-electron chi connectivity index (χ4n) is 10.5. The lowest BCUT2D eigenvalue weighted by Gasteiger charge is -2.50. The molecule has 21 unspecified atom stereocenters. The highest BCUT2D eigenvalue weighted by Crippen LogP contribution is 2.38. The number of methoxy groups -OCH3 is 1. The number of nitrogens with two attached hydrogens (primary N) is 2. The Hall–Kier alpha value is -1.76. The van der Waals surface area contributed by atoms with Gasteiger partial charge in [-0.2, -0.15) is 23.5 Å². The molecule has 90 heavy (non-hydrogen) atoms. The molecule has 6 aliphatic rings. The molecule has 0 aromatic rings. The summed E-state index contributed by atoms with van der Waals surface area (Å²) < 4.78 is 74.2. The molecule has 6 rings (SSSR count). The second kappa shape index (κ2) is 35.0. The van der Waals surface area contributed by atoms with E-state index in [0.717, 1.165) is 23.5 Å². The third kappa shape index (κ3) is 18.1. The molecule has 0 bridgehead atoms. The maximum Gasteiger partial charge on any atom is 0.321 e. The van der Waals surface area contributed by atoms with Crippen molar-refractivity contribution in [1.29, 1.82) is 0 Å². The molecular weight excluding hydrogens is 1270 g/mol. The molecular formula is C49H86N2O37S2. The minimum Gasteiger partial charge on any atom is -0.480 e. The molecule has 6 heterocycles. The van der Waals surface area contributed by atoms with Gasteiger partial charge in [0.15, 0.2) is 37.7 Å². The molecule has 0 aliphatic carbocycles. The average molecular weight is 1360 g/mol. The third-order valence-electron chi connectivity index (χ3n) is 15.8. The van der Waals surface area contributed by atoms with Crippen LogP contribution in [0, 0.1) is 0 Å². The zero-order chi connectivity index (χ0) is 66.9. The van der Waals surface area contributed by atoms with E-state index in [1.165, 1.54) is 14.0 Å². The summed E-state index contributed by atoms with van der Waals surface area (Å²) in [7, 11) is 1.20. The average Bonchev–Trinajstić information content (AvgIpc) is 0.875. The van der Waals surface area contributed by atoms with Gasteiger partial charge in [0.2, 0.25) is 0 Å². The molecule has 0 spiro atoms. The third-order valence-corrected chi connectivity index (χ3v) is 18.1. The SMILES string of the molecule is COC(CSC[C@@H](N)C(=O)O)[C@@H](OC1OC(CO)[C@@H](O[C@@H]2OC(CO)[C@@H](O[C@@H]3OC(CSC[C@@H](N)C(=O)O)[C@@H](O[C@H]4OC(CO)[C@@H](O[C@H]5OC(CO)[C@@H](OC6OC(CO)[C@@H](O)C(O)[C@@H]6O)C(O)C5O)C(O)C4O)C(O)C3O)C(O)C2O)C(O)[C@@H]1O)C(O)C(C)O. The van der Waals surface area contributed by atoms with E-state index in [4.69, 9.17) is 78.2 Å². The first-order valence-corrected chi connectivity index (χ1v) is 30.6. The highest BCUT2D eigenvalue weighted by molar-refractivity contribution is 7.99. The van der Waals surface area contributed by atoms with Crippen molar-refractivity contribution in [1.82, 2.24) is 0 Å². The zero-order valence-electron chi connectivity index (χ0n) is 48.1. The van der Waals surface area contributed by atoms with Crippen LogP contribution in [0.15, 0.2) is 0 Å². The van der Waals surface area contributed by atoms with Crippen LogP contribution in [-0.2, 0) is 71.2 Å². The van der Waals surface area contributed by atoms with Gasteiger partial charge in [-0.1, -0.05) is 0 Å². The van der Waals surface area contributed by atoms with Crippen LogP contribution in [0.4, 0.5) is 0 Å². The number of thioether (sulfide) groups is 2. The minimum absolute atomic E-state index is 0.0914. The smallest absolute Gasteiger partial charge is 0.321 e. The lowest BCUT2D eigenvalue weighted by Crippen LogP contribution is -2.68. The van der Waals surface area contributed by atoms with Gasteiger partial charge in [0.05, 0.1) is 51.3 Å². The molecule has 0 radical (unpaired) electrons. The highest BCUT2D eigenvalue weighted by Gasteiger charge is 2.58. The minimum atomic E-state index is -2.26. The van der Waals surface area contributed by atoms with Crippen LogP contribution in [0.1, 0.15) is 6.92 Å². The Bertz CT molecular complexity index is 2160. The summed E-state index contributed by atoms with van der Waals surface area (Å²) in [5.41, 5.74) is 11.3. The Morgan fingerprint density at radius 2 is 0.700 bits per heavy atom. The van der Waals surface area contributed by atoms with Crippen molar-refractivity contribution in [3.63, 3.8) is 0 Å². The van der Waals surface area contributed by atoms with E-state index in [2.05, 4.69) is 0 Å². The van der Waals surface area contributed by atoms with Crippen molar-refractivity contribution in [3.05, 3.63) is 0 Å². The molecule has 36 atom stereocenters. The number of carboxylic acid groups (broad SMARTS) is 2. The Morgan fingerprint density at radius 1 is 0.411 bits per heavy atom. The first kappa shape index (κ1) is 77.2. The number of carboxylic acids is 2. The second-order valence-corrected chi connectivity index (χ2v) is 24.3. The van der Waals surface area contributed by atoms with E-state index in [1.54, 1.807) is 0 Å². The summed E-state index contributed by atoms with van der Waals surface area (Å²) in [4.78, 5) is 22.9. The molecule has 0 amide bonds. The number of hydrogen-bond acceptors (Lipinski definition) is 39.